The van der Waals surface area contributed by atoms with Gasteiger partial charge in [0, 0.05) is 39.3 Å². The number of nitrogens with one attached hydrogen (secondary N) is 2. The molecule has 3 aromatic rings. The van der Waals surface area contributed by atoms with Crippen molar-refractivity contribution in [2.45, 2.75) is 58.1 Å². The van der Waals surface area contributed by atoms with Crippen LogP contribution in [0.2, 0.25) is 0 Å². The molecule has 1 aromatic carbocycles. The first-order valence-electron chi connectivity index (χ1n) is 12.4. The van der Waals surface area contributed by atoms with E-state index in [0.29, 0.717) is 30.9 Å². The normalized spacial score (nSPS) is 29.3. The molecule has 9 heteroatoms. The van der Waals surface area contributed by atoms with Crippen molar-refractivity contribution in [2.24, 2.45) is 16.7 Å². The number of carbonyl (C=O) groups excluding carboxylic acids is 1. The van der Waals surface area contributed by atoms with E-state index in [-0.39, 0.29) is 35.5 Å². The molecule has 0 spiro atoms. The number of amides is 1. The number of nitrogens with zero attached hydrogens (tertiary/aromatic N) is 1. The minimum Gasteiger partial charge on any atom is -0.508 e. The summed E-state index contributed by atoms with van der Waals surface area (Å²) in [6.45, 7) is 4.59. The zero-order valence-electron chi connectivity index (χ0n) is 20.5. The summed E-state index contributed by atoms with van der Waals surface area (Å²) in [5.74, 6) is 0.0285. The maximum atomic E-state index is 13.2. The summed E-state index contributed by atoms with van der Waals surface area (Å²) in [5, 5.41) is 40.3. The lowest BCUT2D eigenvalue weighted by Crippen LogP contribution is -2.57. The highest BCUT2D eigenvalue weighted by Crippen LogP contribution is 2.62. The van der Waals surface area contributed by atoms with Crippen LogP contribution in [0.25, 0.3) is 0 Å². The highest BCUT2D eigenvalue weighted by Gasteiger charge is 2.59. The van der Waals surface area contributed by atoms with Crippen LogP contribution in [0.4, 0.5) is 10.8 Å². The zero-order valence-corrected chi connectivity index (χ0v) is 22.2. The number of phenols is 1. The Morgan fingerprint density at radius 1 is 1.25 bits per heavy atom. The van der Waals surface area contributed by atoms with Crippen LogP contribution in [0, 0.1) is 16.7 Å². The van der Waals surface area contributed by atoms with Gasteiger partial charge in [0.1, 0.15) is 5.75 Å². The lowest BCUT2D eigenvalue weighted by atomic mass is 9.47. The number of rotatable bonds is 7. The van der Waals surface area contributed by atoms with E-state index in [4.69, 9.17) is 4.98 Å². The fourth-order valence-corrected chi connectivity index (χ4v) is 8.00. The first kappa shape index (κ1) is 25.2. The average Bonchev–Trinajstić information content (AvgIpc) is 3.51. The molecule has 0 bridgehead atoms. The second-order valence-electron chi connectivity index (χ2n) is 10.6. The Kier molecular flexibility index (Phi) is 6.84. The van der Waals surface area contributed by atoms with Crippen molar-refractivity contribution in [3.63, 3.8) is 0 Å². The molecule has 2 heterocycles. The molecule has 0 aliphatic heterocycles. The lowest BCUT2D eigenvalue weighted by molar-refractivity contribution is -0.144. The van der Waals surface area contributed by atoms with Gasteiger partial charge in [-0.1, -0.05) is 26.0 Å². The van der Waals surface area contributed by atoms with E-state index in [1.54, 1.807) is 40.9 Å². The molecule has 0 radical (unpaired) electrons. The summed E-state index contributed by atoms with van der Waals surface area (Å²) >= 11 is 3.17. The largest absolute Gasteiger partial charge is 0.508 e. The standard InChI is InChI=1S/C27H33N3O4S2/c1-26-9-8-22(33)27(2,15-31)21(26)13-20-24(19(26)12-23(34)28-14-18-7-4-10-35-18)30-25(36-20)29-16-5-3-6-17(32)11-16/h3-7,10-11,19,21-22,31-33H,8-9,12-15H2,1-2H3,(H,28,34)(H,29,30). The Hall–Kier alpha value is -2.46. The van der Waals surface area contributed by atoms with Crippen molar-refractivity contribution in [3.8, 4) is 5.75 Å². The number of benzene rings is 1. The van der Waals surface area contributed by atoms with E-state index in [1.807, 2.05) is 30.5 Å². The molecule has 7 nitrogen and oxygen atoms in total. The predicted molar refractivity (Wildman–Crippen MR) is 143 cm³/mol. The van der Waals surface area contributed by atoms with E-state index < -0.39 is 11.5 Å². The number of aromatic hydroxyl groups is 1. The van der Waals surface area contributed by atoms with Gasteiger partial charge in [-0.3, -0.25) is 4.79 Å². The van der Waals surface area contributed by atoms with Crippen molar-refractivity contribution in [2.75, 3.05) is 11.9 Å². The van der Waals surface area contributed by atoms with E-state index >= 15 is 0 Å². The Bertz CT molecular complexity index is 1230. The Morgan fingerprint density at radius 3 is 2.81 bits per heavy atom. The molecule has 1 saturated carbocycles. The summed E-state index contributed by atoms with van der Waals surface area (Å²) in [5.41, 5.74) is 0.731. The number of thiophene rings is 1. The van der Waals surface area contributed by atoms with Gasteiger partial charge in [-0.2, -0.15) is 0 Å². The minimum atomic E-state index is -0.654. The van der Waals surface area contributed by atoms with Gasteiger partial charge in [-0.05, 0) is 54.2 Å². The first-order chi connectivity index (χ1) is 17.2. The van der Waals surface area contributed by atoms with E-state index in [9.17, 15) is 20.1 Å². The summed E-state index contributed by atoms with van der Waals surface area (Å²) < 4.78 is 0. The molecule has 192 valence electrons. The average molecular weight is 528 g/mol. The number of aliphatic hydroxyl groups is 2. The third-order valence-electron chi connectivity index (χ3n) is 8.42. The maximum absolute atomic E-state index is 13.2. The highest BCUT2D eigenvalue weighted by molar-refractivity contribution is 7.15. The molecule has 5 unspecified atom stereocenters. The fraction of sp³-hybridized carbons (Fsp3) is 0.481. The number of aromatic nitrogens is 1. The molecule has 1 fully saturated rings. The van der Waals surface area contributed by atoms with Crippen LogP contribution >= 0.6 is 22.7 Å². The highest BCUT2D eigenvalue weighted by atomic mass is 32.1. The summed E-state index contributed by atoms with van der Waals surface area (Å²) in [6.07, 6.45) is 1.77. The number of phenolic OH excluding ortho intramolecular Hbond substituents is 1. The van der Waals surface area contributed by atoms with Crippen LogP contribution < -0.4 is 10.6 Å². The van der Waals surface area contributed by atoms with E-state index in [2.05, 4.69) is 17.6 Å². The number of carbonyl (C=O) groups is 1. The van der Waals surface area contributed by atoms with Crippen molar-refractivity contribution in [1.82, 2.24) is 10.3 Å². The van der Waals surface area contributed by atoms with Crippen LogP contribution in [0.5, 0.6) is 5.75 Å². The van der Waals surface area contributed by atoms with E-state index in [0.717, 1.165) is 27.6 Å². The number of hydrogen-bond donors (Lipinski definition) is 5. The van der Waals surface area contributed by atoms with Crippen LogP contribution in [-0.2, 0) is 17.8 Å². The van der Waals surface area contributed by atoms with Gasteiger partial charge in [0.05, 0.1) is 24.9 Å². The van der Waals surface area contributed by atoms with Crippen molar-refractivity contribution in [1.29, 1.82) is 0 Å². The van der Waals surface area contributed by atoms with Crippen molar-refractivity contribution >= 4 is 39.4 Å². The number of hydrogen-bond acceptors (Lipinski definition) is 8. The third-order valence-corrected chi connectivity index (χ3v) is 10.3. The molecule has 2 aromatic heterocycles. The molecule has 5 rings (SSSR count). The number of fused-ring (bicyclic) bond motifs is 2. The second kappa shape index (κ2) is 9.78. The number of aliphatic hydroxyl groups excluding tert-OH is 2. The van der Waals surface area contributed by atoms with Gasteiger partial charge in [-0.15, -0.1) is 22.7 Å². The minimum absolute atomic E-state index is 0.00964. The Morgan fingerprint density at radius 2 is 2.08 bits per heavy atom. The smallest absolute Gasteiger partial charge is 0.220 e. The summed E-state index contributed by atoms with van der Waals surface area (Å²) in [4.78, 5) is 20.4. The third kappa shape index (κ3) is 4.53. The van der Waals surface area contributed by atoms with Gasteiger partial charge in [-0.25, -0.2) is 4.98 Å². The first-order valence-corrected chi connectivity index (χ1v) is 14.1. The molecule has 2 aliphatic carbocycles. The lowest BCUT2D eigenvalue weighted by Gasteiger charge is -2.58. The van der Waals surface area contributed by atoms with Crippen molar-refractivity contribution in [3.05, 3.63) is 57.2 Å². The SMILES string of the molecule is CC1(CO)C(O)CCC2(C)C(CC(=O)NCc3cccs3)c3nc(Nc4cccc(O)c4)sc3CC12. The maximum Gasteiger partial charge on any atom is 0.220 e. The molecule has 5 atom stereocenters. The van der Waals surface area contributed by atoms with Crippen LogP contribution in [0.1, 0.15) is 54.5 Å². The molecule has 0 saturated heterocycles. The second-order valence-corrected chi connectivity index (χ2v) is 12.7. The fourth-order valence-electron chi connectivity index (χ4n) is 6.26. The summed E-state index contributed by atoms with van der Waals surface area (Å²) in [7, 11) is 0. The van der Waals surface area contributed by atoms with Gasteiger partial charge in [0.25, 0.3) is 0 Å². The topological polar surface area (TPSA) is 115 Å². The van der Waals surface area contributed by atoms with Gasteiger partial charge >= 0.3 is 0 Å². The van der Waals surface area contributed by atoms with Gasteiger partial charge < -0.3 is 26.0 Å². The molecular weight excluding hydrogens is 494 g/mol. The van der Waals surface area contributed by atoms with Crippen LogP contribution in [-0.4, -0.2) is 38.9 Å². The molecule has 36 heavy (non-hydrogen) atoms. The van der Waals surface area contributed by atoms with Crippen molar-refractivity contribution < 1.29 is 20.1 Å². The number of thiazole rings is 1. The monoisotopic (exact) mass is 527 g/mol. The van der Waals surface area contributed by atoms with Crippen LogP contribution in [0.15, 0.2) is 41.8 Å². The molecule has 5 N–H and O–H groups in total. The molecule has 1 amide bonds. The van der Waals surface area contributed by atoms with Gasteiger partial charge in [0.2, 0.25) is 5.91 Å². The predicted octanol–water partition coefficient (Wildman–Crippen LogP) is 4.78. The number of anilines is 2. The zero-order chi connectivity index (χ0) is 25.5. The Labute approximate surface area is 219 Å². The molecular formula is C27H33N3O4S2. The van der Waals surface area contributed by atoms with Crippen LogP contribution in [0.3, 0.4) is 0 Å². The summed E-state index contributed by atoms with van der Waals surface area (Å²) in [6, 6.07) is 10.9. The van der Waals surface area contributed by atoms with Gasteiger partial charge in [0.15, 0.2) is 5.13 Å². The van der Waals surface area contributed by atoms with E-state index in [1.165, 1.54) is 0 Å². The Balaban J connectivity index is 1.48. The molecule has 2 aliphatic rings. The quantitative estimate of drug-likeness (QED) is 0.302.